The first-order valence-corrected chi connectivity index (χ1v) is 26.5. The number of carbonyl (C=O) groups is 2. The minimum absolute atomic E-state index is 0.0602. The molecule has 4 aromatic rings. The second-order valence-corrected chi connectivity index (χ2v) is 20.5. The number of rotatable bonds is 25. The fourth-order valence-electron chi connectivity index (χ4n) is 7.57. The number of aliphatic hydroxyl groups is 4. The molecule has 0 bridgehead atoms. The lowest BCUT2D eigenvalue weighted by molar-refractivity contribution is -0.310. The average molecular weight is 1040 g/mol. The van der Waals surface area contributed by atoms with Crippen LogP contribution in [0.4, 0.5) is 11.6 Å². The monoisotopic (exact) mass is 1040 g/mol. The summed E-state index contributed by atoms with van der Waals surface area (Å²) in [6.07, 6.45) is 14.1. The van der Waals surface area contributed by atoms with Crippen molar-refractivity contribution in [3.8, 4) is 0 Å². The number of nitrogen functional groups attached to an aromatic ring is 2. The predicted octanol–water partition coefficient (Wildman–Crippen LogP) is 2.83. The number of hydrogen-bond donors (Lipinski definition) is 6. The Hall–Kier alpha value is -5.80. The van der Waals surface area contributed by atoms with E-state index in [0.717, 1.165) is 57.1 Å². The lowest BCUT2D eigenvalue weighted by Gasteiger charge is -2.19. The summed E-state index contributed by atoms with van der Waals surface area (Å²) in [4.78, 5) is 51.4. The molecule has 3 aliphatic rings. The highest BCUT2D eigenvalue weighted by Gasteiger charge is 2.47. The van der Waals surface area contributed by atoms with Crippen LogP contribution < -0.4 is 16.6 Å². The van der Waals surface area contributed by atoms with Crippen LogP contribution in [0, 0.1) is 11.8 Å². The van der Waals surface area contributed by atoms with Crippen molar-refractivity contribution in [3.63, 3.8) is 0 Å². The highest BCUT2D eigenvalue weighted by Crippen LogP contribution is 2.35. The predicted molar refractivity (Wildman–Crippen MR) is 268 cm³/mol. The van der Waals surface area contributed by atoms with Gasteiger partial charge in [0.1, 0.15) is 78.1 Å². The average Bonchev–Trinajstić information content (AvgIpc) is 4.14. The van der Waals surface area contributed by atoms with Crippen LogP contribution in [0.25, 0.3) is 43.2 Å². The van der Waals surface area contributed by atoms with Gasteiger partial charge in [0.05, 0.1) is 24.7 Å². The van der Waals surface area contributed by atoms with Crippen molar-refractivity contribution in [1.82, 2.24) is 39.0 Å². The number of imidazole rings is 2. The standard InChI is InChI=1S/C22H32N8O5S.C18H26N8O3S.C4H6O2/c1-14(22(33)34)10-36(9-7-5-3-2-4-6-8-28-29-24)11-15-17(31)18(32)21(35-15)30-13-27-16-19(23)25-12-26-20(16)30;19-16-13-17(22-10-21-16)26(11-23-13)18-15(28)14(27)12(29-18)9-30-8-6-4-2-1-3-5-7-24-25-20;1-3-2-6-4(3)5/h5,7,12-15,17-18,21,31-32H,2-4,6,8-11H2,1H3,(H2-,23,25,26,33,34);4,6,10-12,14-15,18,27-28H,1-3,5,7-9H2,(H2,19,21,22);3H,2H2,1H3/b7-5+;6-4+;/t14-,15+,17?,18-,21+,36?;12-,14?,15+,18-;3-/m010/s1. The fraction of sp³-hybridized carbons (Fsp3) is 0.636. The van der Waals surface area contributed by atoms with Gasteiger partial charge >= 0.3 is 5.97 Å². The third-order valence-electron chi connectivity index (χ3n) is 11.7. The van der Waals surface area contributed by atoms with Crippen LogP contribution in [0.1, 0.15) is 77.7 Å². The molecule has 11 atom stereocenters. The van der Waals surface area contributed by atoms with Crippen molar-refractivity contribution in [1.29, 1.82) is 0 Å². The second kappa shape index (κ2) is 29.7. The first-order valence-electron chi connectivity index (χ1n) is 23.6. The van der Waals surface area contributed by atoms with Crippen molar-refractivity contribution in [2.45, 2.75) is 114 Å². The number of anilines is 2. The van der Waals surface area contributed by atoms with Crippen molar-refractivity contribution >= 4 is 68.6 Å². The molecule has 0 saturated carbocycles. The van der Waals surface area contributed by atoms with E-state index in [-0.39, 0.29) is 23.5 Å². The smallest absolute Gasteiger partial charge is 0.312 e. The van der Waals surface area contributed by atoms with Gasteiger partial charge < -0.3 is 56.0 Å². The molecule has 7 rings (SSSR count). The zero-order valence-corrected chi connectivity index (χ0v) is 41.8. The maximum Gasteiger partial charge on any atom is 0.312 e. The number of aliphatic hydroxyl groups excluding tert-OH is 4. The van der Waals surface area contributed by atoms with Crippen LogP contribution in [-0.4, -0.2) is 156 Å². The maximum absolute atomic E-state index is 11.4. The number of nitrogens with two attached hydrogens (primary N) is 2. The summed E-state index contributed by atoms with van der Waals surface area (Å²) in [5.74, 6) is 1.52. The van der Waals surface area contributed by atoms with Crippen molar-refractivity contribution in [2.75, 3.05) is 59.9 Å². The number of hydrogen-bond acceptors (Lipinski definition) is 21. The zero-order valence-electron chi connectivity index (χ0n) is 40.2. The van der Waals surface area contributed by atoms with Gasteiger partial charge in [0.25, 0.3) is 0 Å². The minimum atomic E-state index is -1.23. The molecular formula is C44H64N16O10S2. The number of fused-ring (bicyclic) bond motifs is 2. The molecule has 3 aliphatic heterocycles. The fourth-order valence-corrected chi connectivity index (χ4v) is 10.9. The van der Waals surface area contributed by atoms with E-state index in [1.54, 1.807) is 23.3 Å². The SMILES string of the molecule is C[C@@H](C[S+](C/C=C/CCCCCN=[N+]=[N-])C[C@H]1O[C@@H](n2cnc3c(N)ncnc32)[C@@H](O)C1O)C(=O)[O-].C[C@H]1COC1=O.[N-]=[N+]=NCCCCC/C=C/CSC[C@H]1O[C@@H](n2cnc3c(N)ncnc32)[C@@H](O)C1O. The largest absolute Gasteiger partial charge is 0.550 e. The number of carboxylic acids is 1. The van der Waals surface area contributed by atoms with Gasteiger partial charge in [-0.3, -0.25) is 13.9 Å². The number of aliphatic carboxylic acids is 1. The van der Waals surface area contributed by atoms with E-state index in [1.165, 1.54) is 29.9 Å². The second-order valence-electron chi connectivity index (χ2n) is 17.2. The van der Waals surface area contributed by atoms with E-state index in [2.05, 4.69) is 72.9 Å². The number of ether oxygens (including phenoxy) is 3. The third-order valence-corrected chi connectivity index (χ3v) is 15.1. The number of azide groups is 2. The summed E-state index contributed by atoms with van der Waals surface area (Å²) < 4.78 is 19.5. The Morgan fingerprint density at radius 3 is 1.82 bits per heavy atom. The van der Waals surface area contributed by atoms with Gasteiger partial charge in [0.2, 0.25) is 0 Å². The number of aromatic nitrogens is 8. The highest BCUT2D eigenvalue weighted by atomic mass is 32.2. The molecular weight excluding hydrogens is 977 g/mol. The van der Waals surface area contributed by atoms with Crippen LogP contribution in [0.3, 0.4) is 0 Å². The van der Waals surface area contributed by atoms with E-state index >= 15 is 0 Å². The molecule has 0 aromatic carbocycles. The van der Waals surface area contributed by atoms with Gasteiger partial charge in [-0.15, -0.1) is 0 Å². The van der Waals surface area contributed by atoms with Crippen molar-refractivity contribution < 1.29 is 49.3 Å². The Balaban J connectivity index is 0.000000242. The lowest BCUT2D eigenvalue weighted by Crippen LogP contribution is -2.40. The molecule has 392 valence electrons. The minimum Gasteiger partial charge on any atom is -0.550 e. The van der Waals surface area contributed by atoms with Gasteiger partial charge in [-0.1, -0.05) is 48.2 Å². The summed E-state index contributed by atoms with van der Waals surface area (Å²) in [5, 5.41) is 60.7. The summed E-state index contributed by atoms with van der Waals surface area (Å²) in [5.41, 5.74) is 29.8. The Labute approximate surface area is 422 Å². The number of unbranched alkanes of at least 4 members (excludes halogenated alkanes) is 6. The van der Waals surface area contributed by atoms with Gasteiger partial charge in [-0.25, -0.2) is 29.9 Å². The highest BCUT2D eigenvalue weighted by molar-refractivity contribution is 7.99. The molecule has 3 unspecified atom stereocenters. The first kappa shape index (κ1) is 57.1. The number of esters is 1. The van der Waals surface area contributed by atoms with E-state index in [0.29, 0.717) is 65.0 Å². The normalized spacial score (nSPS) is 24.4. The summed E-state index contributed by atoms with van der Waals surface area (Å²) in [7, 11) is -0.434. The Bertz CT molecular complexity index is 2510. The molecule has 0 aliphatic carbocycles. The molecule has 0 amide bonds. The van der Waals surface area contributed by atoms with Crippen LogP contribution >= 0.6 is 11.8 Å². The molecule has 4 aromatic heterocycles. The molecule has 72 heavy (non-hydrogen) atoms. The summed E-state index contributed by atoms with van der Waals surface area (Å²) in [6, 6.07) is 0. The molecule has 28 heteroatoms. The molecule has 3 fully saturated rings. The zero-order chi connectivity index (χ0) is 52.0. The van der Waals surface area contributed by atoms with Crippen molar-refractivity contribution in [3.05, 3.63) is 70.5 Å². The van der Waals surface area contributed by atoms with E-state index in [1.807, 2.05) is 13.0 Å². The number of cyclic esters (lactones) is 1. The maximum atomic E-state index is 11.4. The number of thioether (sulfide) groups is 1. The van der Waals surface area contributed by atoms with Gasteiger partial charge in [0, 0.05) is 46.3 Å². The Kier molecular flexibility index (Phi) is 23.5. The van der Waals surface area contributed by atoms with E-state index < -0.39 is 71.9 Å². The van der Waals surface area contributed by atoms with Gasteiger partial charge in [-0.2, -0.15) is 11.8 Å². The number of carbonyl (C=O) groups excluding carboxylic acids is 2. The quantitative estimate of drug-likeness (QED) is 0.0106. The van der Waals surface area contributed by atoms with Crippen LogP contribution in [0.5, 0.6) is 0 Å². The molecule has 3 saturated heterocycles. The Morgan fingerprint density at radius 1 is 0.819 bits per heavy atom. The number of allylic oxidation sites excluding steroid dienone is 2. The third kappa shape index (κ3) is 16.4. The van der Waals surface area contributed by atoms with E-state index in [9.17, 15) is 35.1 Å². The van der Waals surface area contributed by atoms with Gasteiger partial charge in [-0.05, 0) is 73.5 Å². The Morgan fingerprint density at radius 2 is 1.33 bits per heavy atom. The number of carboxylic acid groups (broad SMARTS) is 1. The van der Waals surface area contributed by atoms with E-state index in [4.69, 9.17) is 32.0 Å². The molecule has 26 nitrogen and oxygen atoms in total. The topological polar surface area (TPSA) is 403 Å². The van der Waals surface area contributed by atoms with Crippen LogP contribution in [-0.2, 0) is 34.7 Å². The number of nitrogens with zero attached hydrogens (tertiary/aromatic N) is 14. The van der Waals surface area contributed by atoms with Crippen LogP contribution in [0.15, 0.2) is 59.8 Å². The summed E-state index contributed by atoms with van der Waals surface area (Å²) >= 11 is 1.63. The molecule has 0 spiro atoms. The molecule has 7 heterocycles. The summed E-state index contributed by atoms with van der Waals surface area (Å²) in [6.45, 7) is 5.14. The molecule has 8 N–H and O–H groups in total. The first-order chi connectivity index (χ1) is 34.8. The molecule has 0 radical (unpaired) electrons. The lowest BCUT2D eigenvalue weighted by atomic mass is 10.1. The van der Waals surface area contributed by atoms with Crippen LogP contribution in [0.2, 0.25) is 0 Å². The van der Waals surface area contributed by atoms with Gasteiger partial charge in [0.15, 0.2) is 35.4 Å². The van der Waals surface area contributed by atoms with Crippen molar-refractivity contribution in [2.24, 2.45) is 22.1 Å².